The minimum Gasteiger partial charge on any atom is -0.481 e. The molecule has 31 heavy (non-hydrogen) atoms. The van der Waals surface area contributed by atoms with Crippen molar-refractivity contribution < 1.29 is 19.8 Å². The lowest BCUT2D eigenvalue weighted by atomic mass is 9.70. The van der Waals surface area contributed by atoms with E-state index in [0.29, 0.717) is 6.42 Å². The number of carboxylic acid groups (broad SMARTS) is 2. The molecule has 0 saturated carbocycles. The van der Waals surface area contributed by atoms with E-state index in [0.717, 1.165) is 56.1 Å². The Morgan fingerprint density at radius 3 is 1.77 bits per heavy atom. The lowest BCUT2D eigenvalue weighted by molar-refractivity contribution is -0.145. The van der Waals surface area contributed by atoms with E-state index in [2.05, 4.69) is 0 Å². The van der Waals surface area contributed by atoms with E-state index < -0.39 is 23.3 Å². The zero-order valence-corrected chi connectivity index (χ0v) is 18.8. The smallest absolute Gasteiger partial charge is 0.314 e. The van der Waals surface area contributed by atoms with Gasteiger partial charge in [-0.2, -0.15) is 0 Å². The number of aliphatic carboxylic acids is 2. The molecule has 2 N–H and O–H groups in total. The topological polar surface area (TPSA) is 74.6 Å². The van der Waals surface area contributed by atoms with Gasteiger partial charge >= 0.3 is 11.9 Å². The standard InChI is InChI=1S/C27H36O4/c1-21(27(2,26(30)31)23-18-12-8-13-19-23)15-9-5-3-4-6-14-20-24(25(28)29)22-16-10-7-11-17-22/h7-8,10-13,16-19,21,24H,3-6,9,14-15,20H2,1-2H3,(H,28,29)(H,30,31). The van der Waals surface area contributed by atoms with Crippen LogP contribution in [0.1, 0.15) is 82.3 Å². The van der Waals surface area contributed by atoms with Crippen molar-refractivity contribution in [3.8, 4) is 0 Å². The lowest BCUT2D eigenvalue weighted by Gasteiger charge is -2.32. The Morgan fingerprint density at radius 2 is 1.26 bits per heavy atom. The molecule has 4 heteroatoms. The number of unbranched alkanes of at least 4 members (excludes halogenated alkanes) is 5. The fraction of sp³-hybridized carbons (Fsp3) is 0.481. The molecule has 0 heterocycles. The molecule has 3 unspecified atom stereocenters. The summed E-state index contributed by atoms with van der Waals surface area (Å²) in [4.78, 5) is 23.6. The number of benzene rings is 2. The van der Waals surface area contributed by atoms with Gasteiger partial charge in [0.05, 0.1) is 11.3 Å². The van der Waals surface area contributed by atoms with Crippen molar-refractivity contribution in [1.82, 2.24) is 0 Å². The highest BCUT2D eigenvalue weighted by atomic mass is 16.4. The van der Waals surface area contributed by atoms with Crippen molar-refractivity contribution in [2.45, 2.75) is 76.5 Å². The van der Waals surface area contributed by atoms with Gasteiger partial charge < -0.3 is 10.2 Å². The maximum atomic E-state index is 12.0. The average Bonchev–Trinajstić information content (AvgIpc) is 2.78. The monoisotopic (exact) mass is 424 g/mol. The van der Waals surface area contributed by atoms with Gasteiger partial charge in [-0.15, -0.1) is 0 Å². The quantitative estimate of drug-likeness (QED) is 0.333. The third kappa shape index (κ3) is 6.95. The van der Waals surface area contributed by atoms with Crippen molar-refractivity contribution in [2.75, 3.05) is 0 Å². The van der Waals surface area contributed by atoms with Gasteiger partial charge in [-0.05, 0) is 36.8 Å². The molecule has 2 aromatic rings. The highest BCUT2D eigenvalue weighted by Gasteiger charge is 2.40. The van der Waals surface area contributed by atoms with Crippen LogP contribution in [-0.2, 0) is 15.0 Å². The molecule has 0 aromatic heterocycles. The van der Waals surface area contributed by atoms with Gasteiger partial charge in [0, 0.05) is 0 Å². The van der Waals surface area contributed by atoms with E-state index in [1.165, 1.54) is 0 Å². The van der Waals surface area contributed by atoms with Crippen LogP contribution in [0.25, 0.3) is 0 Å². The van der Waals surface area contributed by atoms with Crippen LogP contribution in [0.4, 0.5) is 0 Å². The van der Waals surface area contributed by atoms with Gasteiger partial charge in [-0.25, -0.2) is 0 Å². The van der Waals surface area contributed by atoms with Crippen molar-refractivity contribution >= 4 is 11.9 Å². The molecule has 0 amide bonds. The second-order valence-electron chi connectivity index (χ2n) is 8.77. The second-order valence-corrected chi connectivity index (χ2v) is 8.77. The lowest BCUT2D eigenvalue weighted by Crippen LogP contribution is -2.39. The summed E-state index contributed by atoms with van der Waals surface area (Å²) in [5.74, 6) is -1.89. The van der Waals surface area contributed by atoms with Gasteiger partial charge in [0.1, 0.15) is 0 Å². The average molecular weight is 425 g/mol. The summed E-state index contributed by atoms with van der Waals surface area (Å²) < 4.78 is 0. The molecule has 2 aromatic carbocycles. The molecule has 0 saturated heterocycles. The zero-order chi connectivity index (χ0) is 22.7. The maximum absolute atomic E-state index is 12.0. The molecular formula is C27H36O4. The summed E-state index contributed by atoms with van der Waals surface area (Å²) in [5, 5.41) is 19.4. The van der Waals surface area contributed by atoms with Crippen LogP contribution in [0.2, 0.25) is 0 Å². The first-order valence-corrected chi connectivity index (χ1v) is 11.4. The third-order valence-corrected chi connectivity index (χ3v) is 6.68. The summed E-state index contributed by atoms with van der Waals surface area (Å²) in [5.41, 5.74) is 0.871. The van der Waals surface area contributed by atoms with E-state index in [4.69, 9.17) is 0 Å². The molecule has 2 rings (SSSR count). The second kappa shape index (κ2) is 12.3. The van der Waals surface area contributed by atoms with Crippen molar-refractivity contribution in [2.24, 2.45) is 5.92 Å². The van der Waals surface area contributed by atoms with Gasteiger partial charge in [0.2, 0.25) is 0 Å². The fourth-order valence-corrected chi connectivity index (χ4v) is 4.32. The van der Waals surface area contributed by atoms with E-state index >= 15 is 0 Å². The first-order valence-electron chi connectivity index (χ1n) is 11.4. The van der Waals surface area contributed by atoms with Crippen molar-refractivity contribution in [1.29, 1.82) is 0 Å². The summed E-state index contributed by atoms with van der Waals surface area (Å²) in [6.07, 6.45) is 7.78. The van der Waals surface area contributed by atoms with E-state index in [1.807, 2.05) is 74.5 Å². The Labute approximate surface area is 186 Å². The summed E-state index contributed by atoms with van der Waals surface area (Å²) in [6.45, 7) is 3.87. The largest absolute Gasteiger partial charge is 0.481 e. The SMILES string of the molecule is CC(CCCCCCCCC(C(=O)O)c1ccccc1)C(C)(C(=O)O)c1ccccc1. The maximum Gasteiger partial charge on any atom is 0.314 e. The number of rotatable bonds is 14. The van der Waals surface area contributed by atoms with Crippen LogP contribution in [0.15, 0.2) is 60.7 Å². The molecule has 3 atom stereocenters. The Kier molecular flexibility index (Phi) is 9.77. The molecule has 4 nitrogen and oxygen atoms in total. The van der Waals surface area contributed by atoms with E-state index in [1.54, 1.807) is 0 Å². The molecule has 0 aliphatic carbocycles. The predicted octanol–water partition coefficient (Wildman–Crippen LogP) is 6.65. The Bertz CT molecular complexity index is 803. The van der Waals surface area contributed by atoms with Crippen molar-refractivity contribution in [3.05, 3.63) is 71.8 Å². The number of carbonyl (C=O) groups is 2. The predicted molar refractivity (Wildman–Crippen MR) is 124 cm³/mol. The molecule has 0 aliphatic heterocycles. The minimum absolute atomic E-state index is 0.0506. The Balaban J connectivity index is 1.68. The fourth-order valence-electron chi connectivity index (χ4n) is 4.32. The van der Waals surface area contributed by atoms with Gasteiger partial charge in [-0.3, -0.25) is 9.59 Å². The van der Waals surface area contributed by atoms with Crippen LogP contribution in [0, 0.1) is 5.92 Å². The van der Waals surface area contributed by atoms with Crippen LogP contribution in [0.5, 0.6) is 0 Å². The highest BCUT2D eigenvalue weighted by Crippen LogP contribution is 2.35. The molecular weight excluding hydrogens is 388 g/mol. The van der Waals surface area contributed by atoms with Gasteiger partial charge in [-0.1, -0.05) is 106 Å². The number of hydrogen-bond acceptors (Lipinski definition) is 2. The molecule has 0 aliphatic rings. The molecule has 0 bridgehead atoms. The summed E-state index contributed by atoms with van der Waals surface area (Å²) in [7, 11) is 0. The molecule has 0 spiro atoms. The summed E-state index contributed by atoms with van der Waals surface area (Å²) >= 11 is 0. The minimum atomic E-state index is -0.870. The highest BCUT2D eigenvalue weighted by molar-refractivity contribution is 5.81. The first-order chi connectivity index (χ1) is 14.9. The van der Waals surface area contributed by atoms with Crippen LogP contribution in [-0.4, -0.2) is 22.2 Å². The normalized spacial score (nSPS) is 15.0. The first kappa shape index (κ1) is 24.6. The van der Waals surface area contributed by atoms with Gasteiger partial charge in [0.15, 0.2) is 0 Å². The molecule has 0 radical (unpaired) electrons. The van der Waals surface area contributed by atoms with Gasteiger partial charge in [0.25, 0.3) is 0 Å². The molecule has 168 valence electrons. The van der Waals surface area contributed by atoms with Crippen LogP contribution in [0.3, 0.4) is 0 Å². The molecule has 0 fully saturated rings. The van der Waals surface area contributed by atoms with E-state index in [9.17, 15) is 19.8 Å². The van der Waals surface area contributed by atoms with E-state index in [-0.39, 0.29) is 5.92 Å². The Morgan fingerprint density at radius 1 is 0.774 bits per heavy atom. The summed E-state index contributed by atoms with van der Waals surface area (Å²) in [6, 6.07) is 19.0. The zero-order valence-electron chi connectivity index (χ0n) is 18.8. The van der Waals surface area contributed by atoms with Crippen LogP contribution < -0.4 is 0 Å². The number of hydrogen-bond donors (Lipinski definition) is 2. The Hall–Kier alpha value is -2.62. The third-order valence-electron chi connectivity index (χ3n) is 6.68. The van der Waals surface area contributed by atoms with Crippen LogP contribution >= 0.6 is 0 Å². The number of carboxylic acids is 2. The van der Waals surface area contributed by atoms with Crippen molar-refractivity contribution in [3.63, 3.8) is 0 Å².